The maximum absolute atomic E-state index is 9.46. The van der Waals surface area contributed by atoms with E-state index in [1.165, 1.54) is 0 Å². The van der Waals surface area contributed by atoms with Crippen molar-refractivity contribution in [1.82, 2.24) is 4.98 Å². The van der Waals surface area contributed by atoms with Crippen molar-refractivity contribution in [3.8, 4) is 0 Å². The van der Waals surface area contributed by atoms with Crippen LogP contribution in [0.2, 0.25) is 0 Å². The van der Waals surface area contributed by atoms with E-state index in [0.29, 0.717) is 0 Å². The molecule has 0 fully saturated rings. The Labute approximate surface area is 77.0 Å². The zero-order chi connectivity index (χ0) is 8.81. The molecule has 1 aromatic heterocycles. The van der Waals surface area contributed by atoms with Crippen LogP contribution in [0.15, 0.2) is 24.5 Å². The number of thioether (sulfide) groups is 1. The van der Waals surface area contributed by atoms with Gasteiger partial charge in [-0.15, -0.1) is 0 Å². The van der Waals surface area contributed by atoms with E-state index >= 15 is 0 Å². The first-order valence-corrected chi connectivity index (χ1v) is 5.28. The van der Waals surface area contributed by atoms with Crippen molar-refractivity contribution in [3.63, 3.8) is 0 Å². The molecule has 0 aliphatic carbocycles. The first kappa shape index (κ1) is 9.55. The van der Waals surface area contributed by atoms with Crippen LogP contribution in [-0.2, 0) is 6.42 Å². The summed E-state index contributed by atoms with van der Waals surface area (Å²) in [5.74, 6) is 0.794. The first-order valence-electron chi connectivity index (χ1n) is 3.89. The normalized spacial score (nSPS) is 12.8. The lowest BCUT2D eigenvalue weighted by molar-refractivity contribution is 0.200. The van der Waals surface area contributed by atoms with Gasteiger partial charge in [0.15, 0.2) is 0 Å². The fraction of sp³-hybridized carbons (Fsp3) is 0.444. The van der Waals surface area contributed by atoms with Crippen LogP contribution < -0.4 is 0 Å². The Morgan fingerprint density at radius 3 is 2.75 bits per heavy atom. The molecule has 0 aliphatic rings. The highest BCUT2D eigenvalue weighted by Gasteiger charge is 2.03. The van der Waals surface area contributed by atoms with Gasteiger partial charge in [-0.05, 0) is 30.4 Å². The van der Waals surface area contributed by atoms with Gasteiger partial charge in [0.1, 0.15) is 0 Å². The van der Waals surface area contributed by atoms with E-state index in [1.54, 1.807) is 24.2 Å². The molecule has 0 aromatic carbocycles. The van der Waals surface area contributed by atoms with Crippen LogP contribution >= 0.6 is 11.8 Å². The van der Waals surface area contributed by atoms with Gasteiger partial charge in [-0.1, -0.05) is 0 Å². The Balaban J connectivity index is 2.41. The van der Waals surface area contributed by atoms with Crippen molar-refractivity contribution in [3.05, 3.63) is 30.1 Å². The molecule has 2 nitrogen and oxygen atoms in total. The van der Waals surface area contributed by atoms with E-state index in [-0.39, 0.29) is 6.10 Å². The largest absolute Gasteiger partial charge is 0.392 e. The Hall–Kier alpha value is -0.540. The molecular formula is C9H13NOS. The molecule has 1 aromatic rings. The maximum Gasteiger partial charge on any atom is 0.0670 e. The molecule has 1 heterocycles. The molecule has 12 heavy (non-hydrogen) atoms. The van der Waals surface area contributed by atoms with E-state index in [0.717, 1.165) is 17.7 Å². The van der Waals surface area contributed by atoms with Gasteiger partial charge in [0.25, 0.3) is 0 Å². The topological polar surface area (TPSA) is 33.1 Å². The number of nitrogens with zero attached hydrogens (tertiary/aromatic N) is 1. The highest BCUT2D eigenvalue weighted by molar-refractivity contribution is 7.98. The Bertz CT molecular complexity index is 215. The summed E-state index contributed by atoms with van der Waals surface area (Å²) in [4.78, 5) is 3.91. The Morgan fingerprint density at radius 2 is 2.17 bits per heavy atom. The maximum atomic E-state index is 9.46. The van der Waals surface area contributed by atoms with Gasteiger partial charge in [-0.2, -0.15) is 11.8 Å². The number of pyridine rings is 1. The van der Waals surface area contributed by atoms with Gasteiger partial charge < -0.3 is 5.11 Å². The van der Waals surface area contributed by atoms with Crippen LogP contribution in [0.25, 0.3) is 0 Å². The number of hydrogen-bond acceptors (Lipinski definition) is 3. The van der Waals surface area contributed by atoms with Crippen molar-refractivity contribution < 1.29 is 5.11 Å². The summed E-state index contributed by atoms with van der Waals surface area (Å²) in [7, 11) is 0. The third-order valence-electron chi connectivity index (χ3n) is 1.58. The third-order valence-corrected chi connectivity index (χ3v) is 2.30. The first-order chi connectivity index (χ1) is 5.83. The highest BCUT2D eigenvalue weighted by Crippen LogP contribution is 2.05. The number of aliphatic hydroxyl groups excluding tert-OH is 1. The summed E-state index contributed by atoms with van der Waals surface area (Å²) in [6, 6.07) is 3.87. The van der Waals surface area contributed by atoms with Crippen LogP contribution in [0.4, 0.5) is 0 Å². The lowest BCUT2D eigenvalue weighted by Gasteiger charge is -2.07. The third kappa shape index (κ3) is 3.24. The van der Waals surface area contributed by atoms with Crippen LogP contribution in [0.3, 0.4) is 0 Å². The smallest absolute Gasteiger partial charge is 0.0670 e. The zero-order valence-electron chi connectivity index (χ0n) is 7.10. The fourth-order valence-corrected chi connectivity index (χ4v) is 1.54. The minimum atomic E-state index is -0.234. The van der Waals surface area contributed by atoms with E-state index in [4.69, 9.17) is 0 Å². The molecule has 0 aliphatic heterocycles. The molecular weight excluding hydrogens is 170 g/mol. The van der Waals surface area contributed by atoms with Crippen LogP contribution in [0.1, 0.15) is 5.56 Å². The van der Waals surface area contributed by atoms with Gasteiger partial charge in [0, 0.05) is 18.1 Å². The summed E-state index contributed by atoms with van der Waals surface area (Å²) >= 11 is 1.66. The highest BCUT2D eigenvalue weighted by atomic mass is 32.2. The van der Waals surface area contributed by atoms with Crippen molar-refractivity contribution in [2.24, 2.45) is 0 Å². The second-order valence-electron chi connectivity index (χ2n) is 2.67. The van der Waals surface area contributed by atoms with E-state index < -0.39 is 0 Å². The molecule has 66 valence electrons. The molecule has 1 N–H and O–H groups in total. The monoisotopic (exact) mass is 183 g/mol. The predicted molar refractivity (Wildman–Crippen MR) is 52.3 cm³/mol. The molecule has 0 amide bonds. The molecule has 1 atom stereocenters. The minimum Gasteiger partial charge on any atom is -0.392 e. The summed E-state index contributed by atoms with van der Waals surface area (Å²) in [6.45, 7) is 0. The average Bonchev–Trinajstić information content (AvgIpc) is 2.06. The molecule has 0 bridgehead atoms. The Morgan fingerprint density at radius 1 is 1.50 bits per heavy atom. The second kappa shape index (κ2) is 5.17. The lowest BCUT2D eigenvalue weighted by Crippen LogP contribution is -2.13. The zero-order valence-corrected chi connectivity index (χ0v) is 7.92. The molecule has 3 heteroatoms. The van der Waals surface area contributed by atoms with Crippen LogP contribution in [0, 0.1) is 0 Å². The van der Waals surface area contributed by atoms with E-state index in [9.17, 15) is 5.11 Å². The van der Waals surface area contributed by atoms with Gasteiger partial charge in [0.2, 0.25) is 0 Å². The van der Waals surface area contributed by atoms with Gasteiger partial charge in [0.05, 0.1) is 6.10 Å². The lowest BCUT2D eigenvalue weighted by atomic mass is 10.1. The number of hydrogen-bond donors (Lipinski definition) is 1. The minimum absolute atomic E-state index is 0.234. The predicted octanol–water partition coefficient (Wildman–Crippen LogP) is 1.35. The quantitative estimate of drug-likeness (QED) is 0.765. The number of aliphatic hydroxyl groups is 1. The molecule has 0 saturated heterocycles. The molecule has 0 radical (unpaired) electrons. The van der Waals surface area contributed by atoms with Crippen molar-refractivity contribution in [2.75, 3.05) is 12.0 Å². The number of rotatable bonds is 4. The standard InChI is InChI=1S/C9H13NOS/c1-12-7-9(11)6-8-2-4-10-5-3-8/h2-5,9,11H,6-7H2,1H3. The molecule has 1 rings (SSSR count). The van der Waals surface area contributed by atoms with E-state index in [1.807, 2.05) is 18.4 Å². The van der Waals surface area contributed by atoms with Crippen molar-refractivity contribution in [1.29, 1.82) is 0 Å². The fourth-order valence-electron chi connectivity index (χ4n) is 1.04. The van der Waals surface area contributed by atoms with Gasteiger partial charge in [-0.25, -0.2) is 0 Å². The molecule has 0 spiro atoms. The summed E-state index contributed by atoms with van der Waals surface area (Å²) < 4.78 is 0. The van der Waals surface area contributed by atoms with E-state index in [2.05, 4.69) is 4.98 Å². The average molecular weight is 183 g/mol. The molecule has 0 saturated carbocycles. The summed E-state index contributed by atoms with van der Waals surface area (Å²) in [5, 5.41) is 9.46. The van der Waals surface area contributed by atoms with Crippen molar-refractivity contribution >= 4 is 11.8 Å². The molecule has 1 unspecified atom stereocenters. The van der Waals surface area contributed by atoms with Gasteiger partial charge in [-0.3, -0.25) is 4.98 Å². The van der Waals surface area contributed by atoms with Crippen LogP contribution in [0.5, 0.6) is 0 Å². The SMILES string of the molecule is CSCC(O)Cc1ccncc1. The van der Waals surface area contributed by atoms with Crippen molar-refractivity contribution in [2.45, 2.75) is 12.5 Å². The summed E-state index contributed by atoms with van der Waals surface area (Å²) in [6.07, 6.45) is 5.99. The van der Waals surface area contributed by atoms with Gasteiger partial charge >= 0.3 is 0 Å². The Kier molecular flexibility index (Phi) is 4.11. The summed E-state index contributed by atoms with van der Waals surface area (Å²) in [5.41, 5.74) is 1.14. The number of aromatic nitrogens is 1. The van der Waals surface area contributed by atoms with Crippen LogP contribution in [-0.4, -0.2) is 28.2 Å². The second-order valence-corrected chi connectivity index (χ2v) is 3.58.